The van der Waals surface area contributed by atoms with Gasteiger partial charge in [0, 0.05) is 0 Å². The number of carbonyl (C=O) groups is 1. The van der Waals surface area contributed by atoms with Crippen molar-refractivity contribution >= 4 is 5.97 Å². The third-order valence-corrected chi connectivity index (χ3v) is 6.94. The van der Waals surface area contributed by atoms with Crippen molar-refractivity contribution in [1.29, 1.82) is 0 Å². The minimum Gasteiger partial charge on any atom is -0.469 e. The molecule has 3 atom stereocenters. The molecule has 1 fully saturated rings. The van der Waals surface area contributed by atoms with Crippen LogP contribution in [0.2, 0.25) is 0 Å². The molecule has 132 valence electrons. The SMILES string of the molecule is COC(=O)C[C@]1(C)CCC[C@]2(C)c3ccc(C(C)C)cc3CC[C@@H]12. The molecule has 0 radical (unpaired) electrons. The second-order valence-electron chi connectivity index (χ2n) is 8.84. The van der Waals surface area contributed by atoms with Crippen molar-refractivity contribution < 1.29 is 9.53 Å². The first kappa shape index (κ1) is 17.5. The molecule has 0 saturated heterocycles. The summed E-state index contributed by atoms with van der Waals surface area (Å²) in [6, 6.07) is 7.15. The predicted octanol–water partition coefficient (Wildman–Crippen LogP) is 5.38. The molecule has 2 heteroatoms. The Labute approximate surface area is 147 Å². The quantitative estimate of drug-likeness (QED) is 0.696. The monoisotopic (exact) mass is 328 g/mol. The number of benzene rings is 1. The molecule has 0 aromatic heterocycles. The van der Waals surface area contributed by atoms with Crippen LogP contribution in [0.5, 0.6) is 0 Å². The summed E-state index contributed by atoms with van der Waals surface area (Å²) in [6.07, 6.45) is 6.48. The number of aryl methyl sites for hydroxylation is 1. The van der Waals surface area contributed by atoms with Crippen LogP contribution in [0.1, 0.15) is 82.4 Å². The fourth-order valence-corrected chi connectivity index (χ4v) is 5.62. The van der Waals surface area contributed by atoms with Gasteiger partial charge in [-0.05, 0) is 65.0 Å². The Morgan fingerprint density at radius 1 is 1.29 bits per heavy atom. The van der Waals surface area contributed by atoms with Gasteiger partial charge in [-0.2, -0.15) is 0 Å². The smallest absolute Gasteiger partial charge is 0.306 e. The molecule has 1 saturated carbocycles. The zero-order valence-electron chi connectivity index (χ0n) is 15.9. The Morgan fingerprint density at radius 3 is 2.71 bits per heavy atom. The Kier molecular flexibility index (Phi) is 4.53. The lowest BCUT2D eigenvalue weighted by atomic mass is 9.49. The second kappa shape index (κ2) is 6.20. The number of methoxy groups -OCH3 is 1. The topological polar surface area (TPSA) is 26.3 Å². The van der Waals surface area contributed by atoms with E-state index >= 15 is 0 Å². The molecule has 2 nitrogen and oxygen atoms in total. The highest BCUT2D eigenvalue weighted by Gasteiger charge is 2.52. The normalized spacial score (nSPS) is 32.2. The van der Waals surface area contributed by atoms with E-state index in [1.807, 2.05) is 0 Å². The molecule has 2 aliphatic carbocycles. The van der Waals surface area contributed by atoms with Crippen LogP contribution in [-0.4, -0.2) is 13.1 Å². The summed E-state index contributed by atoms with van der Waals surface area (Å²) in [5.41, 5.74) is 4.80. The van der Waals surface area contributed by atoms with E-state index in [9.17, 15) is 4.79 Å². The summed E-state index contributed by atoms with van der Waals surface area (Å²) >= 11 is 0. The minimum absolute atomic E-state index is 0.0531. The first-order valence-electron chi connectivity index (χ1n) is 9.50. The van der Waals surface area contributed by atoms with E-state index in [4.69, 9.17) is 4.74 Å². The molecular weight excluding hydrogens is 296 g/mol. The molecule has 0 bridgehead atoms. The van der Waals surface area contributed by atoms with Crippen LogP contribution >= 0.6 is 0 Å². The molecule has 0 heterocycles. The van der Waals surface area contributed by atoms with Gasteiger partial charge in [0.25, 0.3) is 0 Å². The molecule has 0 N–H and O–H groups in total. The van der Waals surface area contributed by atoms with E-state index in [0.29, 0.717) is 18.3 Å². The largest absolute Gasteiger partial charge is 0.469 e. The summed E-state index contributed by atoms with van der Waals surface area (Å²) in [5.74, 6) is 1.09. The lowest BCUT2D eigenvalue weighted by molar-refractivity contribution is -0.146. The molecule has 24 heavy (non-hydrogen) atoms. The molecule has 0 aliphatic heterocycles. The zero-order valence-corrected chi connectivity index (χ0v) is 15.9. The number of fused-ring (bicyclic) bond motifs is 3. The first-order chi connectivity index (χ1) is 11.3. The summed E-state index contributed by atoms with van der Waals surface area (Å²) < 4.78 is 5.00. The summed E-state index contributed by atoms with van der Waals surface area (Å²) in [5, 5.41) is 0. The van der Waals surface area contributed by atoms with Crippen LogP contribution < -0.4 is 0 Å². The van der Waals surface area contributed by atoms with Crippen molar-refractivity contribution in [3.05, 3.63) is 34.9 Å². The third-order valence-electron chi connectivity index (χ3n) is 6.94. The molecule has 0 spiro atoms. The van der Waals surface area contributed by atoms with Crippen molar-refractivity contribution in [3.63, 3.8) is 0 Å². The standard InChI is InChI=1S/C22H32O2/c1-15(2)16-7-9-18-17(13-16)8-10-19-21(3,14-20(23)24-5)11-6-12-22(18,19)4/h7,9,13,15,19H,6,8,10-12,14H2,1-5H3/t19-,21-,22+/m0/s1. The number of ether oxygens (including phenoxy) is 1. The summed E-state index contributed by atoms with van der Waals surface area (Å²) in [4.78, 5) is 12.0. The van der Waals surface area contributed by atoms with Gasteiger partial charge in [0.05, 0.1) is 13.5 Å². The van der Waals surface area contributed by atoms with Crippen molar-refractivity contribution in [1.82, 2.24) is 0 Å². The van der Waals surface area contributed by atoms with Crippen molar-refractivity contribution in [2.24, 2.45) is 11.3 Å². The molecule has 1 aromatic rings. The van der Waals surface area contributed by atoms with E-state index in [0.717, 1.165) is 12.8 Å². The summed E-state index contributed by atoms with van der Waals surface area (Å²) in [7, 11) is 1.51. The fourth-order valence-electron chi connectivity index (χ4n) is 5.62. The van der Waals surface area contributed by atoms with Gasteiger partial charge in [0.1, 0.15) is 0 Å². The van der Waals surface area contributed by atoms with E-state index in [1.165, 1.54) is 31.9 Å². The number of rotatable bonds is 3. The fraction of sp³-hybridized carbons (Fsp3) is 0.682. The van der Waals surface area contributed by atoms with Gasteiger partial charge in [0.2, 0.25) is 0 Å². The van der Waals surface area contributed by atoms with Crippen LogP contribution in [0.3, 0.4) is 0 Å². The maximum atomic E-state index is 12.0. The molecular formula is C22H32O2. The molecule has 0 amide bonds. The molecule has 0 unspecified atom stereocenters. The van der Waals surface area contributed by atoms with Crippen LogP contribution in [-0.2, 0) is 21.4 Å². The minimum atomic E-state index is -0.0531. The lowest BCUT2D eigenvalue weighted by Crippen LogP contribution is -2.49. The van der Waals surface area contributed by atoms with Gasteiger partial charge in [-0.3, -0.25) is 4.79 Å². The Balaban J connectivity index is 1.98. The van der Waals surface area contributed by atoms with Gasteiger partial charge >= 0.3 is 5.97 Å². The first-order valence-corrected chi connectivity index (χ1v) is 9.50. The molecule has 1 aromatic carbocycles. The van der Waals surface area contributed by atoms with Gasteiger partial charge in [-0.15, -0.1) is 0 Å². The van der Waals surface area contributed by atoms with Crippen LogP contribution in [0, 0.1) is 11.3 Å². The van der Waals surface area contributed by atoms with Gasteiger partial charge in [0.15, 0.2) is 0 Å². The highest BCUT2D eigenvalue weighted by Crippen LogP contribution is 2.58. The maximum absolute atomic E-state index is 12.0. The number of carbonyl (C=O) groups excluding carboxylic acids is 1. The number of hydrogen-bond acceptors (Lipinski definition) is 2. The Hall–Kier alpha value is -1.31. The number of hydrogen-bond donors (Lipinski definition) is 0. The van der Waals surface area contributed by atoms with E-state index in [2.05, 4.69) is 45.9 Å². The second-order valence-corrected chi connectivity index (χ2v) is 8.84. The van der Waals surface area contributed by atoms with Crippen LogP contribution in [0.15, 0.2) is 18.2 Å². The average molecular weight is 328 g/mol. The third kappa shape index (κ3) is 2.78. The van der Waals surface area contributed by atoms with Crippen molar-refractivity contribution in [2.45, 2.75) is 77.6 Å². The number of esters is 1. The Bertz CT molecular complexity index is 633. The molecule has 3 rings (SSSR count). The van der Waals surface area contributed by atoms with E-state index < -0.39 is 0 Å². The zero-order chi connectivity index (χ0) is 17.5. The average Bonchev–Trinajstić information content (AvgIpc) is 2.53. The summed E-state index contributed by atoms with van der Waals surface area (Å²) in [6.45, 7) is 9.30. The maximum Gasteiger partial charge on any atom is 0.306 e. The lowest BCUT2D eigenvalue weighted by Gasteiger charge is -2.55. The van der Waals surface area contributed by atoms with Crippen molar-refractivity contribution in [2.75, 3.05) is 7.11 Å². The van der Waals surface area contributed by atoms with Gasteiger partial charge < -0.3 is 4.74 Å². The van der Waals surface area contributed by atoms with E-state index in [-0.39, 0.29) is 16.8 Å². The Morgan fingerprint density at radius 2 is 2.04 bits per heavy atom. The van der Waals surface area contributed by atoms with Gasteiger partial charge in [-0.25, -0.2) is 0 Å². The van der Waals surface area contributed by atoms with Crippen LogP contribution in [0.25, 0.3) is 0 Å². The predicted molar refractivity (Wildman–Crippen MR) is 98.3 cm³/mol. The highest BCUT2D eigenvalue weighted by atomic mass is 16.5. The van der Waals surface area contributed by atoms with Crippen LogP contribution in [0.4, 0.5) is 0 Å². The molecule has 2 aliphatic rings. The van der Waals surface area contributed by atoms with E-state index in [1.54, 1.807) is 11.1 Å². The van der Waals surface area contributed by atoms with Gasteiger partial charge in [-0.1, -0.05) is 52.3 Å². The van der Waals surface area contributed by atoms with Crippen molar-refractivity contribution in [3.8, 4) is 0 Å². The highest BCUT2D eigenvalue weighted by molar-refractivity contribution is 5.70.